The average molecular weight is 324 g/mol. The monoisotopic (exact) mass is 324 g/mol. The quantitative estimate of drug-likeness (QED) is 0.787. The van der Waals surface area contributed by atoms with E-state index in [9.17, 15) is 14.7 Å². The Bertz CT molecular complexity index is 488. The van der Waals surface area contributed by atoms with Gasteiger partial charge in [-0.05, 0) is 44.1 Å². The molecule has 22 heavy (non-hydrogen) atoms. The van der Waals surface area contributed by atoms with Gasteiger partial charge in [0.2, 0.25) is 5.91 Å². The molecule has 0 aromatic carbocycles. The van der Waals surface area contributed by atoms with Crippen LogP contribution in [0.5, 0.6) is 0 Å². The maximum Gasteiger partial charge on any atom is 0.252 e. The lowest BCUT2D eigenvalue weighted by Gasteiger charge is -2.37. The lowest BCUT2D eigenvalue weighted by Crippen LogP contribution is -2.49. The third kappa shape index (κ3) is 4.55. The molecule has 1 fully saturated rings. The number of hydrogen-bond donors (Lipinski definition) is 2. The standard InChI is InChI=1S/C16H24N2O3S/c1-12(19)14-5-2-3-9-18(14)15(20)6-4-8-17-16(21)13-7-10-22-11-13/h7,10-12,14,19H,2-6,8-9H2,1H3,(H,17,21). The second kappa shape index (κ2) is 8.29. The Morgan fingerprint density at radius 1 is 1.50 bits per heavy atom. The van der Waals surface area contributed by atoms with Gasteiger partial charge in [0.1, 0.15) is 0 Å². The number of piperidine rings is 1. The summed E-state index contributed by atoms with van der Waals surface area (Å²) in [5, 5.41) is 16.3. The summed E-state index contributed by atoms with van der Waals surface area (Å²) in [5.74, 6) is -0.0103. The Morgan fingerprint density at radius 2 is 2.32 bits per heavy atom. The minimum absolute atomic E-state index is 0.0540. The number of carbonyl (C=O) groups is 2. The molecule has 5 nitrogen and oxygen atoms in total. The Hall–Kier alpha value is -1.40. The van der Waals surface area contributed by atoms with Gasteiger partial charge in [-0.3, -0.25) is 9.59 Å². The van der Waals surface area contributed by atoms with Gasteiger partial charge in [-0.2, -0.15) is 11.3 Å². The first-order valence-corrected chi connectivity index (χ1v) is 8.82. The number of amides is 2. The van der Waals surface area contributed by atoms with Crippen LogP contribution in [0.25, 0.3) is 0 Å². The van der Waals surface area contributed by atoms with Crippen LogP contribution in [0.4, 0.5) is 0 Å². The Balaban J connectivity index is 1.72. The van der Waals surface area contributed by atoms with E-state index in [0.29, 0.717) is 24.9 Å². The summed E-state index contributed by atoms with van der Waals surface area (Å²) in [6.07, 6.45) is 3.49. The topological polar surface area (TPSA) is 69.6 Å². The normalized spacial score (nSPS) is 19.7. The zero-order valence-corrected chi connectivity index (χ0v) is 13.8. The minimum atomic E-state index is -0.484. The molecule has 2 N–H and O–H groups in total. The van der Waals surface area contributed by atoms with Crippen LogP contribution in [0.1, 0.15) is 49.4 Å². The van der Waals surface area contributed by atoms with Crippen LogP contribution in [0.2, 0.25) is 0 Å². The van der Waals surface area contributed by atoms with Gasteiger partial charge in [0.25, 0.3) is 5.91 Å². The molecule has 0 spiro atoms. The molecule has 6 heteroatoms. The maximum absolute atomic E-state index is 12.3. The number of nitrogens with zero attached hydrogens (tertiary/aromatic N) is 1. The van der Waals surface area contributed by atoms with Crippen molar-refractivity contribution in [2.75, 3.05) is 13.1 Å². The molecule has 2 amide bonds. The van der Waals surface area contributed by atoms with E-state index in [-0.39, 0.29) is 17.9 Å². The highest BCUT2D eigenvalue weighted by atomic mass is 32.1. The second-order valence-corrected chi connectivity index (χ2v) is 6.54. The molecule has 2 unspecified atom stereocenters. The highest BCUT2D eigenvalue weighted by Gasteiger charge is 2.29. The molecule has 2 rings (SSSR count). The number of nitrogens with one attached hydrogen (secondary N) is 1. The summed E-state index contributed by atoms with van der Waals surface area (Å²) >= 11 is 1.49. The number of thiophene rings is 1. The van der Waals surface area contributed by atoms with Crippen molar-refractivity contribution in [2.45, 2.75) is 51.2 Å². The highest BCUT2D eigenvalue weighted by Crippen LogP contribution is 2.20. The van der Waals surface area contributed by atoms with E-state index in [1.54, 1.807) is 18.4 Å². The SMILES string of the molecule is CC(O)C1CCCCN1C(=O)CCCNC(=O)c1ccsc1. The van der Waals surface area contributed by atoms with Crippen LogP contribution in [-0.2, 0) is 4.79 Å². The maximum atomic E-state index is 12.3. The number of carbonyl (C=O) groups excluding carboxylic acids is 2. The van der Waals surface area contributed by atoms with Gasteiger partial charge >= 0.3 is 0 Å². The van der Waals surface area contributed by atoms with Gasteiger partial charge in [0, 0.05) is 30.5 Å². The lowest BCUT2D eigenvalue weighted by atomic mass is 9.97. The summed E-state index contributed by atoms with van der Waals surface area (Å²) in [6, 6.07) is 1.73. The summed E-state index contributed by atoms with van der Waals surface area (Å²) in [7, 11) is 0. The molecule has 0 aliphatic carbocycles. The summed E-state index contributed by atoms with van der Waals surface area (Å²) in [6.45, 7) is 2.97. The first-order chi connectivity index (χ1) is 10.6. The van der Waals surface area contributed by atoms with E-state index < -0.39 is 6.10 Å². The van der Waals surface area contributed by atoms with E-state index in [4.69, 9.17) is 0 Å². The van der Waals surface area contributed by atoms with Gasteiger partial charge < -0.3 is 15.3 Å². The fourth-order valence-corrected chi connectivity index (χ4v) is 3.49. The summed E-state index contributed by atoms with van der Waals surface area (Å²) < 4.78 is 0. The number of aliphatic hydroxyl groups is 1. The highest BCUT2D eigenvalue weighted by molar-refractivity contribution is 7.08. The molecule has 2 heterocycles. The van der Waals surface area contributed by atoms with Crippen LogP contribution in [0.3, 0.4) is 0 Å². The molecule has 2 atom stereocenters. The zero-order chi connectivity index (χ0) is 15.9. The number of likely N-dealkylation sites (tertiary alicyclic amines) is 1. The number of hydrogen-bond acceptors (Lipinski definition) is 4. The van der Waals surface area contributed by atoms with Gasteiger partial charge in [-0.15, -0.1) is 0 Å². The molecule has 1 saturated heterocycles. The largest absolute Gasteiger partial charge is 0.391 e. The molecule has 0 radical (unpaired) electrons. The van der Waals surface area contributed by atoms with E-state index in [1.165, 1.54) is 11.3 Å². The fourth-order valence-electron chi connectivity index (χ4n) is 2.85. The van der Waals surface area contributed by atoms with E-state index >= 15 is 0 Å². The van der Waals surface area contributed by atoms with Crippen molar-refractivity contribution in [3.05, 3.63) is 22.4 Å². The lowest BCUT2D eigenvalue weighted by molar-refractivity contribution is -0.137. The first-order valence-electron chi connectivity index (χ1n) is 7.87. The molecular weight excluding hydrogens is 300 g/mol. The van der Waals surface area contributed by atoms with Gasteiger partial charge in [-0.25, -0.2) is 0 Å². The molecule has 1 aromatic heterocycles. The summed E-state index contributed by atoms with van der Waals surface area (Å²) in [4.78, 5) is 25.9. The van der Waals surface area contributed by atoms with Crippen LogP contribution in [0.15, 0.2) is 16.8 Å². The first kappa shape index (κ1) is 17.0. The number of aliphatic hydroxyl groups excluding tert-OH is 1. The van der Waals surface area contributed by atoms with Crippen LogP contribution in [0, 0.1) is 0 Å². The molecule has 1 aliphatic rings. The zero-order valence-electron chi connectivity index (χ0n) is 13.0. The predicted octanol–water partition coefficient (Wildman–Crippen LogP) is 2.02. The van der Waals surface area contributed by atoms with Crippen LogP contribution < -0.4 is 5.32 Å². The smallest absolute Gasteiger partial charge is 0.252 e. The molecule has 122 valence electrons. The van der Waals surface area contributed by atoms with Crippen molar-refractivity contribution >= 4 is 23.2 Å². The van der Waals surface area contributed by atoms with Crippen molar-refractivity contribution < 1.29 is 14.7 Å². The van der Waals surface area contributed by atoms with Crippen molar-refractivity contribution in [2.24, 2.45) is 0 Å². The van der Waals surface area contributed by atoms with Crippen molar-refractivity contribution in [1.29, 1.82) is 0 Å². The van der Waals surface area contributed by atoms with E-state index in [1.807, 2.05) is 10.3 Å². The Morgan fingerprint density at radius 3 is 3.00 bits per heavy atom. The fraction of sp³-hybridized carbons (Fsp3) is 0.625. The second-order valence-electron chi connectivity index (χ2n) is 5.76. The summed E-state index contributed by atoms with van der Waals surface area (Å²) in [5.41, 5.74) is 0.668. The number of rotatable bonds is 6. The molecule has 1 aromatic rings. The van der Waals surface area contributed by atoms with Crippen molar-refractivity contribution in [3.8, 4) is 0 Å². The van der Waals surface area contributed by atoms with Crippen LogP contribution in [-0.4, -0.2) is 47.1 Å². The van der Waals surface area contributed by atoms with Crippen LogP contribution >= 0.6 is 11.3 Å². The van der Waals surface area contributed by atoms with Crippen molar-refractivity contribution in [3.63, 3.8) is 0 Å². The molecule has 0 bridgehead atoms. The third-order valence-corrected chi connectivity index (χ3v) is 4.75. The van der Waals surface area contributed by atoms with Gasteiger partial charge in [0.15, 0.2) is 0 Å². The average Bonchev–Trinajstić information content (AvgIpc) is 3.05. The Labute approximate surface area is 135 Å². The van der Waals surface area contributed by atoms with Crippen molar-refractivity contribution in [1.82, 2.24) is 10.2 Å². The minimum Gasteiger partial charge on any atom is -0.391 e. The Kier molecular flexibility index (Phi) is 6.39. The van der Waals surface area contributed by atoms with Gasteiger partial charge in [0.05, 0.1) is 12.1 Å². The van der Waals surface area contributed by atoms with E-state index in [0.717, 1.165) is 25.8 Å². The predicted molar refractivity (Wildman–Crippen MR) is 86.9 cm³/mol. The third-order valence-electron chi connectivity index (χ3n) is 4.06. The molecular formula is C16H24N2O3S. The van der Waals surface area contributed by atoms with E-state index in [2.05, 4.69) is 5.32 Å². The molecule has 1 aliphatic heterocycles. The molecule has 0 saturated carbocycles. The van der Waals surface area contributed by atoms with Gasteiger partial charge in [-0.1, -0.05) is 0 Å².